The van der Waals surface area contributed by atoms with E-state index in [1.165, 1.54) is 0 Å². The lowest BCUT2D eigenvalue weighted by Crippen LogP contribution is -2.43. The van der Waals surface area contributed by atoms with Crippen molar-refractivity contribution in [3.05, 3.63) is 12.2 Å². The topological polar surface area (TPSA) is 75.6 Å². The van der Waals surface area contributed by atoms with E-state index in [-0.39, 0.29) is 23.2 Å². The number of hydrogen-bond donors (Lipinski definition) is 2. The molecule has 2 aliphatic carbocycles. The van der Waals surface area contributed by atoms with Gasteiger partial charge in [-0.1, -0.05) is 26.0 Å². The highest BCUT2D eigenvalue weighted by atomic mass is 16.5. The fourth-order valence-corrected chi connectivity index (χ4v) is 3.43. The molecule has 2 aliphatic rings. The fraction of sp³-hybridized carbons (Fsp3) is 0.750. The second kappa shape index (κ2) is 6.18. The number of aliphatic carboxylic acids is 1. The first-order valence-electron chi connectivity index (χ1n) is 7.53. The zero-order chi connectivity index (χ0) is 15.6. The Morgan fingerprint density at radius 1 is 1.29 bits per heavy atom. The Hall–Kier alpha value is -1.36. The van der Waals surface area contributed by atoms with Crippen molar-refractivity contribution in [2.75, 3.05) is 20.3 Å². The van der Waals surface area contributed by atoms with E-state index in [1.54, 1.807) is 7.11 Å². The zero-order valence-electron chi connectivity index (χ0n) is 13.0. The molecule has 1 amide bonds. The van der Waals surface area contributed by atoms with Crippen molar-refractivity contribution in [1.29, 1.82) is 0 Å². The number of carboxylic acids is 1. The van der Waals surface area contributed by atoms with Gasteiger partial charge < -0.3 is 15.2 Å². The van der Waals surface area contributed by atoms with Crippen LogP contribution in [0.15, 0.2) is 12.2 Å². The van der Waals surface area contributed by atoms with Crippen LogP contribution in [-0.4, -0.2) is 37.2 Å². The summed E-state index contributed by atoms with van der Waals surface area (Å²) in [5, 5.41) is 12.3. The molecule has 0 saturated heterocycles. The molecule has 0 aromatic rings. The van der Waals surface area contributed by atoms with Crippen molar-refractivity contribution in [2.45, 2.75) is 26.7 Å². The molecule has 0 aromatic carbocycles. The van der Waals surface area contributed by atoms with Gasteiger partial charge in [0.2, 0.25) is 5.91 Å². The second-order valence-corrected chi connectivity index (χ2v) is 6.96. The molecule has 5 nitrogen and oxygen atoms in total. The summed E-state index contributed by atoms with van der Waals surface area (Å²) in [5.74, 6) is -1.86. The van der Waals surface area contributed by atoms with E-state index in [0.717, 1.165) is 12.8 Å². The molecule has 5 heteroatoms. The Labute approximate surface area is 125 Å². The minimum atomic E-state index is -0.856. The van der Waals surface area contributed by atoms with Gasteiger partial charge in [-0.25, -0.2) is 0 Å². The van der Waals surface area contributed by atoms with Crippen LogP contribution < -0.4 is 5.32 Å². The summed E-state index contributed by atoms with van der Waals surface area (Å²) in [6, 6.07) is 0. The third-order valence-corrected chi connectivity index (χ3v) is 4.77. The number of carbonyl (C=O) groups excluding carboxylic acids is 1. The van der Waals surface area contributed by atoms with Crippen LogP contribution in [0.3, 0.4) is 0 Å². The molecule has 2 unspecified atom stereocenters. The van der Waals surface area contributed by atoms with Gasteiger partial charge in [0.25, 0.3) is 0 Å². The van der Waals surface area contributed by atoms with Crippen LogP contribution in [0, 0.1) is 29.1 Å². The number of fused-ring (bicyclic) bond motifs is 2. The van der Waals surface area contributed by atoms with Crippen LogP contribution in [0.5, 0.6) is 0 Å². The predicted octanol–water partition coefficient (Wildman–Crippen LogP) is 1.69. The van der Waals surface area contributed by atoms with E-state index in [1.807, 2.05) is 12.2 Å². The van der Waals surface area contributed by atoms with Gasteiger partial charge in [-0.15, -0.1) is 0 Å². The third kappa shape index (κ3) is 3.46. The highest BCUT2D eigenvalue weighted by Gasteiger charge is 2.51. The molecule has 1 fully saturated rings. The van der Waals surface area contributed by atoms with E-state index in [9.17, 15) is 14.7 Å². The van der Waals surface area contributed by atoms with Gasteiger partial charge in [0.1, 0.15) is 0 Å². The van der Waals surface area contributed by atoms with Gasteiger partial charge in [-0.05, 0) is 30.1 Å². The molecule has 21 heavy (non-hydrogen) atoms. The summed E-state index contributed by atoms with van der Waals surface area (Å²) in [5.41, 5.74) is -0.0577. The lowest BCUT2D eigenvalue weighted by atomic mass is 9.82. The minimum Gasteiger partial charge on any atom is -0.481 e. The average molecular weight is 295 g/mol. The molecule has 2 bridgehead atoms. The van der Waals surface area contributed by atoms with E-state index in [4.69, 9.17) is 4.74 Å². The SMILES string of the molecule is COCCC(C)(C)CNC(=O)[C@H]1C2C=CC(C2)[C@H]1C(=O)O. The van der Waals surface area contributed by atoms with Crippen molar-refractivity contribution >= 4 is 11.9 Å². The number of rotatable bonds is 7. The quantitative estimate of drug-likeness (QED) is 0.701. The van der Waals surface area contributed by atoms with E-state index in [0.29, 0.717) is 13.2 Å². The number of carbonyl (C=O) groups is 2. The minimum absolute atomic E-state index is 0.0183. The number of methoxy groups -OCH3 is 1. The van der Waals surface area contributed by atoms with Gasteiger partial charge in [0, 0.05) is 20.3 Å². The molecule has 0 spiro atoms. The summed E-state index contributed by atoms with van der Waals surface area (Å²) in [7, 11) is 1.66. The first kappa shape index (κ1) is 16.0. The van der Waals surface area contributed by atoms with Gasteiger partial charge in [-0.3, -0.25) is 9.59 Å². The Morgan fingerprint density at radius 3 is 2.48 bits per heavy atom. The maximum Gasteiger partial charge on any atom is 0.307 e. The molecule has 0 aromatic heterocycles. The van der Waals surface area contributed by atoms with Gasteiger partial charge in [-0.2, -0.15) is 0 Å². The summed E-state index contributed by atoms with van der Waals surface area (Å²) in [6.45, 7) is 5.33. The first-order valence-corrected chi connectivity index (χ1v) is 7.53. The second-order valence-electron chi connectivity index (χ2n) is 6.96. The van der Waals surface area contributed by atoms with Crippen molar-refractivity contribution in [2.24, 2.45) is 29.1 Å². The zero-order valence-corrected chi connectivity index (χ0v) is 13.0. The van der Waals surface area contributed by atoms with Crippen molar-refractivity contribution < 1.29 is 19.4 Å². The maximum atomic E-state index is 12.4. The van der Waals surface area contributed by atoms with Crippen LogP contribution in [-0.2, 0) is 14.3 Å². The molecule has 0 radical (unpaired) electrons. The monoisotopic (exact) mass is 295 g/mol. The van der Waals surface area contributed by atoms with Crippen molar-refractivity contribution in [1.82, 2.24) is 5.32 Å². The smallest absolute Gasteiger partial charge is 0.307 e. The molecule has 1 saturated carbocycles. The summed E-state index contributed by atoms with van der Waals surface area (Å²) >= 11 is 0. The van der Waals surface area contributed by atoms with E-state index >= 15 is 0 Å². The first-order chi connectivity index (χ1) is 9.85. The van der Waals surface area contributed by atoms with E-state index in [2.05, 4.69) is 19.2 Å². The van der Waals surface area contributed by atoms with E-state index < -0.39 is 17.8 Å². The molecule has 0 aliphatic heterocycles. The maximum absolute atomic E-state index is 12.4. The van der Waals surface area contributed by atoms with Crippen LogP contribution in [0.25, 0.3) is 0 Å². The Kier molecular flexibility index (Phi) is 4.71. The number of allylic oxidation sites excluding steroid dienone is 2. The molecular weight excluding hydrogens is 270 g/mol. The van der Waals surface area contributed by atoms with Gasteiger partial charge in [0.05, 0.1) is 11.8 Å². The third-order valence-electron chi connectivity index (χ3n) is 4.77. The molecule has 0 heterocycles. The fourth-order valence-electron chi connectivity index (χ4n) is 3.43. The standard InChI is InChI=1S/C16H25NO4/c1-16(2,6-7-21-3)9-17-14(18)12-10-4-5-11(8-10)13(12)15(19)20/h4-5,10-13H,6-9H2,1-3H3,(H,17,18)(H,19,20)/t10?,11?,12-,13+/m0/s1. The Balaban J connectivity index is 1.94. The summed E-state index contributed by atoms with van der Waals surface area (Å²) < 4.78 is 5.07. The highest BCUT2D eigenvalue weighted by molar-refractivity contribution is 5.86. The van der Waals surface area contributed by atoms with Crippen molar-refractivity contribution in [3.63, 3.8) is 0 Å². The number of amides is 1. The predicted molar refractivity (Wildman–Crippen MR) is 78.6 cm³/mol. The molecular formula is C16H25NO4. The summed E-state index contributed by atoms with van der Waals surface area (Å²) in [6.07, 6.45) is 5.60. The van der Waals surface area contributed by atoms with Crippen molar-refractivity contribution in [3.8, 4) is 0 Å². The number of hydrogen-bond acceptors (Lipinski definition) is 3. The number of carboxylic acid groups (broad SMARTS) is 1. The Bertz CT molecular complexity index is 444. The molecule has 4 atom stereocenters. The molecule has 2 N–H and O–H groups in total. The summed E-state index contributed by atoms with van der Waals surface area (Å²) in [4.78, 5) is 23.8. The number of nitrogens with one attached hydrogen (secondary N) is 1. The van der Waals surface area contributed by atoms with Crippen LogP contribution in [0.1, 0.15) is 26.7 Å². The molecule has 118 valence electrons. The van der Waals surface area contributed by atoms with Gasteiger partial charge >= 0.3 is 5.97 Å². The largest absolute Gasteiger partial charge is 0.481 e. The Morgan fingerprint density at radius 2 is 1.90 bits per heavy atom. The van der Waals surface area contributed by atoms with Crippen LogP contribution >= 0.6 is 0 Å². The highest BCUT2D eigenvalue weighted by Crippen LogP contribution is 2.48. The number of ether oxygens (including phenoxy) is 1. The van der Waals surface area contributed by atoms with Crippen LogP contribution in [0.2, 0.25) is 0 Å². The van der Waals surface area contributed by atoms with Gasteiger partial charge in [0.15, 0.2) is 0 Å². The normalized spacial score (nSPS) is 30.6. The molecule has 2 rings (SSSR count). The lowest BCUT2D eigenvalue weighted by molar-refractivity contribution is -0.147. The lowest BCUT2D eigenvalue weighted by Gasteiger charge is -2.28. The average Bonchev–Trinajstić information content (AvgIpc) is 3.03. The van der Waals surface area contributed by atoms with Crippen LogP contribution in [0.4, 0.5) is 0 Å².